The standard InChI is InChI=1S/C10H11Br2NO/c1-3-9(13)6-4-10(14-2)8(12)5-7(6)11/h3-5,9H,1,13H2,2H3/t9-/m0/s1. The summed E-state index contributed by atoms with van der Waals surface area (Å²) in [7, 11) is 1.62. The molecule has 0 heterocycles. The van der Waals surface area contributed by atoms with E-state index in [4.69, 9.17) is 10.5 Å². The van der Waals surface area contributed by atoms with Gasteiger partial charge in [-0.05, 0) is 33.6 Å². The Morgan fingerprint density at radius 1 is 1.43 bits per heavy atom. The molecule has 4 heteroatoms. The Morgan fingerprint density at radius 2 is 2.07 bits per heavy atom. The maximum Gasteiger partial charge on any atom is 0.133 e. The highest BCUT2D eigenvalue weighted by atomic mass is 79.9. The lowest BCUT2D eigenvalue weighted by Crippen LogP contribution is -2.07. The Morgan fingerprint density at radius 3 is 2.57 bits per heavy atom. The molecule has 0 radical (unpaired) electrons. The number of methoxy groups -OCH3 is 1. The van der Waals surface area contributed by atoms with Crippen molar-refractivity contribution in [3.63, 3.8) is 0 Å². The van der Waals surface area contributed by atoms with Crippen LogP contribution >= 0.6 is 31.9 Å². The van der Waals surface area contributed by atoms with Crippen molar-refractivity contribution in [3.05, 3.63) is 39.3 Å². The monoisotopic (exact) mass is 319 g/mol. The molecule has 0 spiro atoms. The normalized spacial score (nSPS) is 12.3. The van der Waals surface area contributed by atoms with Crippen LogP contribution in [0.15, 0.2) is 33.7 Å². The lowest BCUT2D eigenvalue weighted by Gasteiger charge is -2.12. The van der Waals surface area contributed by atoms with Crippen LogP contribution in [0.5, 0.6) is 5.75 Å². The SMILES string of the molecule is C=C[C@H](N)c1cc(OC)c(Br)cc1Br. The van der Waals surface area contributed by atoms with Gasteiger partial charge >= 0.3 is 0 Å². The Bertz CT molecular complexity index is 352. The van der Waals surface area contributed by atoms with Crippen molar-refractivity contribution in [2.75, 3.05) is 7.11 Å². The van der Waals surface area contributed by atoms with Crippen molar-refractivity contribution < 1.29 is 4.74 Å². The topological polar surface area (TPSA) is 35.2 Å². The molecule has 0 saturated heterocycles. The molecule has 1 atom stereocenters. The van der Waals surface area contributed by atoms with Crippen LogP contribution in [0.3, 0.4) is 0 Å². The smallest absolute Gasteiger partial charge is 0.133 e. The second kappa shape index (κ2) is 4.96. The van der Waals surface area contributed by atoms with Crippen LogP contribution in [0.2, 0.25) is 0 Å². The van der Waals surface area contributed by atoms with Gasteiger partial charge in [0.25, 0.3) is 0 Å². The first kappa shape index (κ1) is 11.8. The quantitative estimate of drug-likeness (QED) is 0.866. The van der Waals surface area contributed by atoms with Gasteiger partial charge in [0, 0.05) is 10.5 Å². The lowest BCUT2D eigenvalue weighted by atomic mass is 10.1. The molecule has 1 aromatic rings. The van der Waals surface area contributed by atoms with Crippen LogP contribution in [-0.4, -0.2) is 7.11 Å². The minimum Gasteiger partial charge on any atom is -0.496 e. The molecule has 76 valence electrons. The molecule has 14 heavy (non-hydrogen) atoms. The maximum atomic E-state index is 5.85. The largest absolute Gasteiger partial charge is 0.496 e. The molecule has 0 unspecified atom stereocenters. The summed E-state index contributed by atoms with van der Waals surface area (Å²) in [5.74, 6) is 0.764. The molecule has 0 aliphatic rings. The van der Waals surface area contributed by atoms with Gasteiger partial charge in [-0.25, -0.2) is 0 Å². The van der Waals surface area contributed by atoms with Gasteiger partial charge in [0.1, 0.15) is 5.75 Å². The Labute approximate surface area is 100 Å². The average molecular weight is 321 g/mol. The van der Waals surface area contributed by atoms with Crippen LogP contribution in [0.25, 0.3) is 0 Å². The fourth-order valence-corrected chi connectivity index (χ4v) is 2.50. The fourth-order valence-electron chi connectivity index (χ4n) is 1.08. The molecule has 2 N–H and O–H groups in total. The first-order valence-corrected chi connectivity index (χ1v) is 5.59. The Hall–Kier alpha value is -0.320. The van der Waals surface area contributed by atoms with E-state index in [9.17, 15) is 0 Å². The van der Waals surface area contributed by atoms with Gasteiger partial charge in [-0.2, -0.15) is 0 Å². The summed E-state index contributed by atoms with van der Waals surface area (Å²) >= 11 is 6.83. The van der Waals surface area contributed by atoms with E-state index in [2.05, 4.69) is 38.4 Å². The highest BCUT2D eigenvalue weighted by molar-refractivity contribution is 9.11. The van der Waals surface area contributed by atoms with Gasteiger partial charge in [0.2, 0.25) is 0 Å². The van der Waals surface area contributed by atoms with Gasteiger partial charge < -0.3 is 10.5 Å². The molecule has 2 nitrogen and oxygen atoms in total. The predicted molar refractivity (Wildman–Crippen MR) is 65.5 cm³/mol. The van der Waals surface area contributed by atoms with E-state index >= 15 is 0 Å². The summed E-state index contributed by atoms with van der Waals surface area (Å²) in [6.45, 7) is 3.66. The van der Waals surface area contributed by atoms with Crippen molar-refractivity contribution in [2.24, 2.45) is 5.73 Å². The van der Waals surface area contributed by atoms with E-state index in [0.717, 1.165) is 20.3 Å². The van der Waals surface area contributed by atoms with E-state index in [1.165, 1.54) is 0 Å². The second-order valence-electron chi connectivity index (χ2n) is 2.77. The minimum absolute atomic E-state index is 0.189. The summed E-state index contributed by atoms with van der Waals surface area (Å²) in [6.07, 6.45) is 1.69. The average Bonchev–Trinajstić information content (AvgIpc) is 2.17. The number of hydrogen-bond acceptors (Lipinski definition) is 2. The van der Waals surface area contributed by atoms with Crippen molar-refractivity contribution in [1.29, 1.82) is 0 Å². The number of halogens is 2. The molecule has 0 aliphatic heterocycles. The molecular weight excluding hydrogens is 310 g/mol. The van der Waals surface area contributed by atoms with E-state index in [1.54, 1.807) is 13.2 Å². The van der Waals surface area contributed by atoms with Crippen LogP contribution < -0.4 is 10.5 Å². The molecule has 0 aliphatic carbocycles. The highest BCUT2D eigenvalue weighted by Crippen LogP contribution is 2.33. The summed E-state index contributed by atoms with van der Waals surface area (Å²) in [6, 6.07) is 3.62. The van der Waals surface area contributed by atoms with Crippen LogP contribution in [-0.2, 0) is 0 Å². The van der Waals surface area contributed by atoms with Crippen molar-refractivity contribution >= 4 is 31.9 Å². The van der Waals surface area contributed by atoms with Gasteiger partial charge in [0.05, 0.1) is 11.6 Å². The number of rotatable bonds is 3. The zero-order chi connectivity index (χ0) is 10.7. The molecule has 0 saturated carbocycles. The molecule has 1 aromatic carbocycles. The van der Waals surface area contributed by atoms with Crippen molar-refractivity contribution in [3.8, 4) is 5.75 Å². The molecule has 0 amide bonds. The number of hydrogen-bond donors (Lipinski definition) is 1. The Balaban J connectivity index is 3.23. The molecule has 1 rings (SSSR count). The van der Waals surface area contributed by atoms with E-state index < -0.39 is 0 Å². The summed E-state index contributed by atoms with van der Waals surface area (Å²) in [4.78, 5) is 0. The third kappa shape index (κ3) is 2.38. The third-order valence-corrected chi connectivity index (χ3v) is 3.19. The predicted octanol–water partition coefficient (Wildman–Crippen LogP) is 3.41. The fraction of sp³-hybridized carbons (Fsp3) is 0.200. The molecule has 0 fully saturated rings. The second-order valence-corrected chi connectivity index (χ2v) is 4.48. The van der Waals surface area contributed by atoms with Crippen LogP contribution in [0.1, 0.15) is 11.6 Å². The molecular formula is C10H11Br2NO. The number of nitrogens with two attached hydrogens (primary N) is 1. The summed E-state index contributed by atoms with van der Waals surface area (Å²) in [5.41, 5.74) is 6.81. The van der Waals surface area contributed by atoms with Gasteiger partial charge in [0.15, 0.2) is 0 Å². The van der Waals surface area contributed by atoms with E-state index in [1.807, 2.05) is 12.1 Å². The summed E-state index contributed by atoms with van der Waals surface area (Å²) < 4.78 is 7.02. The Kier molecular flexibility index (Phi) is 4.16. The highest BCUT2D eigenvalue weighted by Gasteiger charge is 2.10. The zero-order valence-electron chi connectivity index (χ0n) is 7.76. The zero-order valence-corrected chi connectivity index (χ0v) is 10.9. The molecule has 0 aromatic heterocycles. The lowest BCUT2D eigenvalue weighted by molar-refractivity contribution is 0.411. The van der Waals surface area contributed by atoms with E-state index in [0.29, 0.717) is 0 Å². The van der Waals surface area contributed by atoms with Crippen LogP contribution in [0, 0.1) is 0 Å². The van der Waals surface area contributed by atoms with Gasteiger partial charge in [-0.1, -0.05) is 22.0 Å². The minimum atomic E-state index is -0.189. The number of benzene rings is 1. The van der Waals surface area contributed by atoms with Gasteiger partial charge in [-0.3, -0.25) is 0 Å². The first-order valence-electron chi connectivity index (χ1n) is 4.01. The van der Waals surface area contributed by atoms with Crippen molar-refractivity contribution in [2.45, 2.75) is 6.04 Å². The summed E-state index contributed by atoms with van der Waals surface area (Å²) in [5, 5.41) is 0. The first-order chi connectivity index (χ1) is 6.60. The van der Waals surface area contributed by atoms with Crippen LogP contribution in [0.4, 0.5) is 0 Å². The maximum absolute atomic E-state index is 5.85. The molecule has 0 bridgehead atoms. The third-order valence-electron chi connectivity index (χ3n) is 1.88. The number of ether oxygens (including phenoxy) is 1. The van der Waals surface area contributed by atoms with E-state index in [-0.39, 0.29) is 6.04 Å². The van der Waals surface area contributed by atoms with Crippen molar-refractivity contribution in [1.82, 2.24) is 0 Å². The van der Waals surface area contributed by atoms with Gasteiger partial charge in [-0.15, -0.1) is 6.58 Å².